The van der Waals surface area contributed by atoms with Gasteiger partial charge in [-0.1, -0.05) is 44.2 Å². The monoisotopic (exact) mass is 393 g/mol. The number of hydrogen-bond donors (Lipinski definition) is 2. The van der Waals surface area contributed by atoms with E-state index in [1.165, 1.54) is 6.42 Å². The van der Waals surface area contributed by atoms with E-state index >= 15 is 0 Å². The van der Waals surface area contributed by atoms with E-state index in [-0.39, 0.29) is 23.8 Å². The lowest BCUT2D eigenvalue weighted by molar-refractivity contribution is -0.120. The van der Waals surface area contributed by atoms with E-state index in [1.54, 1.807) is 6.07 Å². The molecule has 0 spiro atoms. The summed E-state index contributed by atoms with van der Waals surface area (Å²) in [5, 5.41) is 2.97. The normalized spacial score (nSPS) is 18.8. The Kier molecular flexibility index (Phi) is 6.70. The van der Waals surface area contributed by atoms with E-state index in [4.69, 9.17) is 5.73 Å². The number of rotatable bonds is 5. The maximum Gasteiger partial charge on any atom is 0.253 e. The number of nitrogens with two attached hydrogens (primary N) is 1. The highest BCUT2D eigenvalue weighted by Crippen LogP contribution is 2.24. The molecule has 3 unspecified atom stereocenters. The Bertz CT molecular complexity index is 866. The summed E-state index contributed by atoms with van der Waals surface area (Å²) in [6.07, 6.45) is 2.23. The zero-order chi connectivity index (χ0) is 21.0. The summed E-state index contributed by atoms with van der Waals surface area (Å²) in [6, 6.07) is 14.7. The molecule has 3 rings (SSSR count). The number of hydrogen-bond acceptors (Lipinski definition) is 3. The Labute approximate surface area is 173 Å². The lowest BCUT2D eigenvalue weighted by Crippen LogP contribution is -2.39. The lowest BCUT2D eigenvalue weighted by atomic mass is 9.94. The average molecular weight is 394 g/mol. The Morgan fingerprint density at radius 1 is 1.17 bits per heavy atom. The first kappa shape index (κ1) is 21.1. The highest BCUT2D eigenvalue weighted by atomic mass is 16.2. The average Bonchev–Trinajstić information content (AvgIpc) is 2.74. The van der Waals surface area contributed by atoms with Gasteiger partial charge in [-0.2, -0.15) is 0 Å². The fourth-order valence-corrected chi connectivity index (χ4v) is 3.87. The molecule has 0 aliphatic carbocycles. The summed E-state index contributed by atoms with van der Waals surface area (Å²) in [6.45, 7) is 7.55. The molecule has 0 bridgehead atoms. The molecule has 0 aromatic heterocycles. The first-order valence-electron chi connectivity index (χ1n) is 10.4. The molecule has 29 heavy (non-hydrogen) atoms. The van der Waals surface area contributed by atoms with Crippen LogP contribution in [0.2, 0.25) is 0 Å². The number of benzene rings is 2. The van der Waals surface area contributed by atoms with Gasteiger partial charge in [0.2, 0.25) is 5.91 Å². The standard InChI is InChI=1S/C24H31N3O2/c1-16-8-7-13-27(15-16)24(29)20-11-12-21(17(2)14-20)26-23(28)18(3)22(25)19-9-5-4-6-10-19/h4-6,9-12,14,16,18,22H,7-8,13,15,25H2,1-3H3,(H,26,28). The Morgan fingerprint density at radius 2 is 1.90 bits per heavy atom. The molecule has 1 aliphatic rings. The van der Waals surface area contributed by atoms with Gasteiger partial charge in [-0.05, 0) is 55.0 Å². The number of carbonyl (C=O) groups is 2. The van der Waals surface area contributed by atoms with Crippen LogP contribution < -0.4 is 11.1 Å². The first-order valence-corrected chi connectivity index (χ1v) is 10.4. The summed E-state index contributed by atoms with van der Waals surface area (Å²) < 4.78 is 0. The maximum absolute atomic E-state index is 12.8. The van der Waals surface area contributed by atoms with Gasteiger partial charge in [0.1, 0.15) is 0 Å². The van der Waals surface area contributed by atoms with Crippen molar-refractivity contribution in [3.8, 4) is 0 Å². The van der Waals surface area contributed by atoms with Crippen molar-refractivity contribution >= 4 is 17.5 Å². The number of nitrogens with zero attached hydrogens (tertiary/aromatic N) is 1. The topological polar surface area (TPSA) is 75.4 Å². The van der Waals surface area contributed by atoms with Gasteiger partial charge in [0.25, 0.3) is 5.91 Å². The van der Waals surface area contributed by atoms with Gasteiger partial charge in [0, 0.05) is 30.4 Å². The Hall–Kier alpha value is -2.66. The van der Waals surface area contributed by atoms with Gasteiger partial charge in [-0.15, -0.1) is 0 Å². The fourth-order valence-electron chi connectivity index (χ4n) is 3.87. The summed E-state index contributed by atoms with van der Waals surface area (Å²) >= 11 is 0. The van der Waals surface area contributed by atoms with Crippen molar-refractivity contribution in [3.05, 3.63) is 65.2 Å². The van der Waals surface area contributed by atoms with Crippen LogP contribution in [0, 0.1) is 18.8 Å². The third-order valence-corrected chi connectivity index (χ3v) is 5.81. The zero-order valence-corrected chi connectivity index (χ0v) is 17.5. The second kappa shape index (κ2) is 9.23. The molecule has 1 saturated heterocycles. The quantitative estimate of drug-likeness (QED) is 0.801. The molecule has 0 radical (unpaired) electrons. The first-order chi connectivity index (χ1) is 13.9. The third-order valence-electron chi connectivity index (χ3n) is 5.81. The van der Waals surface area contributed by atoms with Crippen molar-refractivity contribution < 1.29 is 9.59 Å². The number of aryl methyl sites for hydroxylation is 1. The molecule has 1 aliphatic heterocycles. The Morgan fingerprint density at radius 3 is 2.55 bits per heavy atom. The molecular weight excluding hydrogens is 362 g/mol. The second-order valence-corrected chi connectivity index (χ2v) is 8.24. The molecule has 3 N–H and O–H groups in total. The van der Waals surface area contributed by atoms with Crippen molar-refractivity contribution in [2.45, 2.75) is 39.7 Å². The van der Waals surface area contributed by atoms with Crippen molar-refractivity contribution in [1.29, 1.82) is 0 Å². The molecule has 2 aromatic carbocycles. The van der Waals surface area contributed by atoms with E-state index < -0.39 is 0 Å². The van der Waals surface area contributed by atoms with E-state index in [0.29, 0.717) is 17.2 Å². The number of anilines is 1. The zero-order valence-electron chi connectivity index (χ0n) is 17.5. The predicted molar refractivity (Wildman–Crippen MR) is 117 cm³/mol. The van der Waals surface area contributed by atoms with Crippen LogP contribution in [0.25, 0.3) is 0 Å². The maximum atomic E-state index is 12.8. The van der Waals surface area contributed by atoms with Crippen LogP contribution >= 0.6 is 0 Å². The smallest absolute Gasteiger partial charge is 0.253 e. The second-order valence-electron chi connectivity index (χ2n) is 8.24. The van der Waals surface area contributed by atoms with Crippen LogP contribution in [0.15, 0.2) is 48.5 Å². The third kappa shape index (κ3) is 5.04. The molecule has 3 atom stereocenters. The van der Waals surface area contributed by atoms with Gasteiger partial charge in [0.05, 0.1) is 5.92 Å². The summed E-state index contributed by atoms with van der Waals surface area (Å²) in [5.74, 6) is 0.0981. The summed E-state index contributed by atoms with van der Waals surface area (Å²) in [5.41, 5.74) is 9.47. The van der Waals surface area contributed by atoms with Crippen LogP contribution in [-0.2, 0) is 4.79 Å². The number of carbonyl (C=O) groups excluding carboxylic acids is 2. The molecular formula is C24H31N3O2. The minimum absolute atomic E-state index is 0.0667. The van der Waals surface area contributed by atoms with Crippen LogP contribution in [0.4, 0.5) is 5.69 Å². The van der Waals surface area contributed by atoms with Crippen molar-refractivity contribution in [3.63, 3.8) is 0 Å². The van der Waals surface area contributed by atoms with E-state index in [0.717, 1.165) is 30.6 Å². The summed E-state index contributed by atoms with van der Waals surface area (Å²) in [7, 11) is 0. The molecule has 2 aromatic rings. The van der Waals surface area contributed by atoms with Gasteiger partial charge in [-0.25, -0.2) is 0 Å². The predicted octanol–water partition coefficient (Wildman–Crippen LogP) is 4.14. The van der Waals surface area contributed by atoms with Gasteiger partial charge in [0.15, 0.2) is 0 Å². The molecule has 154 valence electrons. The van der Waals surface area contributed by atoms with Gasteiger partial charge >= 0.3 is 0 Å². The van der Waals surface area contributed by atoms with Gasteiger partial charge < -0.3 is 16.0 Å². The largest absolute Gasteiger partial charge is 0.338 e. The molecule has 1 heterocycles. The highest BCUT2D eigenvalue weighted by Gasteiger charge is 2.24. The fraction of sp³-hybridized carbons (Fsp3) is 0.417. The minimum Gasteiger partial charge on any atom is -0.338 e. The minimum atomic E-state index is -0.382. The number of amides is 2. The Balaban J connectivity index is 1.67. The lowest BCUT2D eigenvalue weighted by Gasteiger charge is -2.31. The van der Waals surface area contributed by atoms with Crippen molar-refractivity contribution in [2.24, 2.45) is 17.6 Å². The molecule has 2 amide bonds. The van der Waals surface area contributed by atoms with E-state index in [1.807, 2.05) is 61.2 Å². The molecule has 0 saturated carbocycles. The van der Waals surface area contributed by atoms with Crippen LogP contribution in [0.3, 0.4) is 0 Å². The van der Waals surface area contributed by atoms with Gasteiger partial charge in [-0.3, -0.25) is 9.59 Å². The number of likely N-dealkylation sites (tertiary alicyclic amines) is 1. The highest BCUT2D eigenvalue weighted by molar-refractivity contribution is 5.97. The molecule has 5 heteroatoms. The van der Waals surface area contributed by atoms with Crippen molar-refractivity contribution in [2.75, 3.05) is 18.4 Å². The number of nitrogens with one attached hydrogen (secondary N) is 1. The van der Waals surface area contributed by atoms with Crippen LogP contribution in [-0.4, -0.2) is 29.8 Å². The van der Waals surface area contributed by atoms with Crippen LogP contribution in [0.5, 0.6) is 0 Å². The SMILES string of the molecule is Cc1cc(C(=O)N2CCCC(C)C2)ccc1NC(=O)C(C)C(N)c1ccccc1. The molecule has 1 fully saturated rings. The molecule has 5 nitrogen and oxygen atoms in total. The van der Waals surface area contributed by atoms with E-state index in [9.17, 15) is 9.59 Å². The summed E-state index contributed by atoms with van der Waals surface area (Å²) in [4.78, 5) is 27.5. The van der Waals surface area contributed by atoms with Crippen LogP contribution in [0.1, 0.15) is 54.2 Å². The number of piperidine rings is 1. The van der Waals surface area contributed by atoms with E-state index in [2.05, 4.69) is 12.2 Å². The van der Waals surface area contributed by atoms with Crippen molar-refractivity contribution in [1.82, 2.24) is 4.90 Å².